The third kappa shape index (κ3) is 19.7. The summed E-state index contributed by atoms with van der Waals surface area (Å²) in [5.41, 5.74) is 25.6. The number of anilines is 2. The first-order valence-corrected chi connectivity index (χ1v) is 23.9. The Balaban J connectivity index is 0.900. The Bertz CT molecular complexity index is 1480. The van der Waals surface area contributed by atoms with Gasteiger partial charge in [0, 0.05) is 11.4 Å². The van der Waals surface area contributed by atoms with Crippen LogP contribution in [-0.2, 0) is 38.5 Å². The van der Waals surface area contributed by atoms with Gasteiger partial charge in [-0.05, 0) is 121 Å². The normalized spacial score (nSPS) is 11.4. The number of nitrogens with two attached hydrogens (primary N) is 2. The summed E-state index contributed by atoms with van der Waals surface area (Å²) >= 11 is 0. The number of rotatable bonds is 32. The van der Waals surface area contributed by atoms with Crippen LogP contribution < -0.4 is 11.5 Å². The lowest BCUT2D eigenvalue weighted by molar-refractivity contribution is 0.525. The van der Waals surface area contributed by atoms with E-state index in [0.29, 0.717) is 0 Å². The van der Waals surface area contributed by atoms with E-state index >= 15 is 0 Å². The van der Waals surface area contributed by atoms with Gasteiger partial charge >= 0.3 is 0 Å². The maximum Gasteiger partial charge on any atom is 0.0346 e. The topological polar surface area (TPSA) is 52.0 Å². The molecule has 0 atom stereocenters. The highest BCUT2D eigenvalue weighted by atomic mass is 14.6. The number of hydrogen-bond donors (Lipinski definition) is 2. The quantitative estimate of drug-likeness (QED) is 0.0384. The number of benzene rings is 4. The second-order valence-corrected chi connectivity index (χ2v) is 17.5. The van der Waals surface area contributed by atoms with Gasteiger partial charge in [0.25, 0.3) is 0 Å². The van der Waals surface area contributed by atoms with E-state index in [4.69, 9.17) is 11.5 Å². The molecule has 0 aliphatic rings. The van der Waals surface area contributed by atoms with Gasteiger partial charge in [0.05, 0.1) is 0 Å². The molecule has 0 aliphatic carbocycles. The van der Waals surface area contributed by atoms with Crippen molar-refractivity contribution in [1.29, 1.82) is 0 Å². The van der Waals surface area contributed by atoms with E-state index in [9.17, 15) is 0 Å². The van der Waals surface area contributed by atoms with Gasteiger partial charge in [0.2, 0.25) is 0 Å². The molecule has 312 valence electrons. The fraction of sp³-hybridized carbons (Fsp3) is 0.564. The van der Waals surface area contributed by atoms with Gasteiger partial charge in [-0.1, -0.05) is 209 Å². The highest BCUT2D eigenvalue weighted by Gasteiger charge is 2.06. The Kier molecular flexibility index (Phi) is 23.3. The van der Waals surface area contributed by atoms with Crippen LogP contribution in [-0.4, -0.2) is 0 Å². The van der Waals surface area contributed by atoms with Crippen LogP contribution in [0, 0.1) is 0 Å². The number of unbranched alkanes of at least 4 members (excludes halogenated alkanes) is 20. The minimum atomic E-state index is 0.950. The maximum absolute atomic E-state index is 6.25. The molecule has 4 rings (SSSR count). The van der Waals surface area contributed by atoms with Crippen molar-refractivity contribution in [2.75, 3.05) is 11.5 Å². The van der Waals surface area contributed by atoms with Crippen LogP contribution in [0.5, 0.6) is 0 Å². The zero-order valence-electron chi connectivity index (χ0n) is 36.7. The first-order chi connectivity index (χ1) is 28.0. The molecule has 2 nitrogen and oxygen atoms in total. The molecule has 0 spiro atoms. The minimum Gasteiger partial charge on any atom is -0.399 e. The number of nitrogen functional groups attached to an aromatic ring is 2. The predicted octanol–water partition coefficient (Wildman–Crippen LogP) is 15.9. The van der Waals surface area contributed by atoms with Gasteiger partial charge in [-0.3, -0.25) is 0 Å². The average molecular weight is 771 g/mol. The van der Waals surface area contributed by atoms with Crippen LogP contribution in [0.2, 0.25) is 0 Å². The van der Waals surface area contributed by atoms with Crippen LogP contribution in [0.25, 0.3) is 0 Å². The summed E-state index contributed by atoms with van der Waals surface area (Å²) in [6, 6.07) is 32.0. The third-order valence-electron chi connectivity index (χ3n) is 12.3. The van der Waals surface area contributed by atoms with E-state index in [0.717, 1.165) is 37.1 Å². The SMILES string of the molecule is CCCCCc1cc(Cc2ccc(CCCCCCCCCCCCCCCCCCCc3ccc(Cc4ccc(N)c(CCCCC)c4)cc3)cc2)ccc1N. The van der Waals surface area contributed by atoms with E-state index in [1.165, 1.54) is 205 Å². The Morgan fingerprint density at radius 1 is 0.281 bits per heavy atom. The minimum absolute atomic E-state index is 0.950. The van der Waals surface area contributed by atoms with Gasteiger partial charge in [-0.15, -0.1) is 0 Å². The maximum atomic E-state index is 6.25. The van der Waals surface area contributed by atoms with Crippen molar-refractivity contribution in [3.8, 4) is 0 Å². The van der Waals surface area contributed by atoms with Crippen molar-refractivity contribution >= 4 is 11.4 Å². The van der Waals surface area contributed by atoms with Crippen molar-refractivity contribution in [2.24, 2.45) is 0 Å². The Morgan fingerprint density at radius 3 is 0.860 bits per heavy atom. The highest BCUT2D eigenvalue weighted by Crippen LogP contribution is 2.23. The Hall–Kier alpha value is -3.52. The van der Waals surface area contributed by atoms with E-state index in [-0.39, 0.29) is 0 Å². The average Bonchev–Trinajstić information content (AvgIpc) is 3.22. The smallest absolute Gasteiger partial charge is 0.0346 e. The monoisotopic (exact) mass is 771 g/mol. The molecule has 0 amide bonds. The standard InChI is InChI=1S/C55H82N2/c1-3-5-22-28-52-44-50(38-40-54(52)56)42-48-34-30-46(31-35-48)26-24-20-18-16-14-12-10-8-7-9-11-13-15-17-19-21-25-27-47-32-36-49(37-33-47)43-51-39-41-55(57)53(45-51)29-23-6-4-2/h30-41,44-45H,3-29,42-43,56-57H2,1-2H3. The molecular formula is C55H82N2. The molecule has 0 heterocycles. The number of hydrogen-bond acceptors (Lipinski definition) is 2. The second kappa shape index (κ2) is 28.8. The summed E-state index contributed by atoms with van der Waals surface area (Å²) in [6.07, 6.45) is 38.1. The van der Waals surface area contributed by atoms with Crippen LogP contribution in [0.3, 0.4) is 0 Å². The summed E-state index contributed by atoms with van der Waals surface area (Å²) in [6.45, 7) is 4.51. The van der Waals surface area contributed by atoms with E-state index in [2.05, 4.69) is 98.8 Å². The summed E-state index contributed by atoms with van der Waals surface area (Å²) in [4.78, 5) is 0. The highest BCUT2D eigenvalue weighted by molar-refractivity contribution is 5.50. The fourth-order valence-corrected chi connectivity index (χ4v) is 8.53. The molecule has 57 heavy (non-hydrogen) atoms. The van der Waals surface area contributed by atoms with Crippen LogP contribution >= 0.6 is 0 Å². The molecule has 0 radical (unpaired) electrons. The molecule has 2 heteroatoms. The predicted molar refractivity (Wildman–Crippen MR) is 253 cm³/mol. The summed E-state index contributed by atoms with van der Waals surface area (Å²) in [7, 11) is 0. The molecular weight excluding hydrogens is 689 g/mol. The summed E-state index contributed by atoms with van der Waals surface area (Å²) in [5, 5.41) is 0. The fourth-order valence-electron chi connectivity index (χ4n) is 8.53. The van der Waals surface area contributed by atoms with Crippen LogP contribution in [0.1, 0.15) is 206 Å². The van der Waals surface area contributed by atoms with E-state index in [1.807, 2.05) is 0 Å². The van der Waals surface area contributed by atoms with Gasteiger partial charge in [0.1, 0.15) is 0 Å². The van der Waals surface area contributed by atoms with Crippen molar-refractivity contribution in [3.05, 3.63) is 129 Å². The lowest BCUT2D eigenvalue weighted by atomic mass is 9.97. The number of aryl methyl sites for hydroxylation is 4. The molecule has 4 N–H and O–H groups in total. The molecule has 0 fully saturated rings. The van der Waals surface area contributed by atoms with Gasteiger partial charge in [-0.2, -0.15) is 0 Å². The zero-order valence-corrected chi connectivity index (χ0v) is 36.7. The van der Waals surface area contributed by atoms with Crippen LogP contribution in [0.4, 0.5) is 11.4 Å². The first-order valence-electron chi connectivity index (χ1n) is 23.9. The molecule has 0 aliphatic heterocycles. The molecule has 0 aromatic heterocycles. The van der Waals surface area contributed by atoms with Gasteiger partial charge in [0.15, 0.2) is 0 Å². The lowest BCUT2D eigenvalue weighted by Crippen LogP contribution is -1.98. The van der Waals surface area contributed by atoms with E-state index in [1.54, 1.807) is 0 Å². The Labute approximate surface area is 351 Å². The zero-order chi connectivity index (χ0) is 40.2. The second-order valence-electron chi connectivity index (χ2n) is 17.5. The van der Waals surface area contributed by atoms with Crippen molar-refractivity contribution < 1.29 is 0 Å². The van der Waals surface area contributed by atoms with E-state index < -0.39 is 0 Å². The van der Waals surface area contributed by atoms with Crippen LogP contribution in [0.15, 0.2) is 84.9 Å². The van der Waals surface area contributed by atoms with Crippen molar-refractivity contribution in [1.82, 2.24) is 0 Å². The largest absolute Gasteiger partial charge is 0.399 e. The molecule has 0 saturated carbocycles. The Morgan fingerprint density at radius 2 is 0.544 bits per heavy atom. The third-order valence-corrected chi connectivity index (χ3v) is 12.3. The van der Waals surface area contributed by atoms with Gasteiger partial charge < -0.3 is 11.5 Å². The first kappa shape index (κ1) is 46.2. The molecule has 0 unspecified atom stereocenters. The van der Waals surface area contributed by atoms with Crippen molar-refractivity contribution in [2.45, 2.75) is 200 Å². The lowest BCUT2D eigenvalue weighted by Gasteiger charge is -2.10. The van der Waals surface area contributed by atoms with Gasteiger partial charge in [-0.25, -0.2) is 0 Å². The molecule has 4 aromatic carbocycles. The molecule has 4 aromatic rings. The van der Waals surface area contributed by atoms with Crippen molar-refractivity contribution in [3.63, 3.8) is 0 Å². The summed E-state index contributed by atoms with van der Waals surface area (Å²) < 4.78 is 0. The molecule has 0 saturated heterocycles. The molecule has 0 bridgehead atoms. The summed E-state index contributed by atoms with van der Waals surface area (Å²) in [5.74, 6) is 0.